The fraction of sp³-hybridized carbons (Fsp3) is 0.0833. The first-order valence-corrected chi connectivity index (χ1v) is 7.81. The molecule has 0 bridgehead atoms. The Hall–Kier alpha value is 0.0900. The van der Waals surface area contributed by atoms with Crippen LogP contribution in [0, 0.1) is 10.5 Å². The predicted octanol–water partition coefficient (Wildman–Crippen LogP) is 5.31. The Balaban J connectivity index is 2.47. The van der Waals surface area contributed by atoms with Gasteiger partial charge in [-0.2, -0.15) is 0 Å². The SMILES string of the molecule is Cc1cc(C(=O)c2cc(Cl)ccc2I)sc1Br. The molecule has 1 aromatic heterocycles. The second kappa shape index (κ2) is 5.38. The zero-order valence-electron chi connectivity index (χ0n) is 8.76. The Morgan fingerprint density at radius 2 is 2.12 bits per heavy atom. The molecule has 0 spiro atoms. The second-order valence-corrected chi connectivity index (χ2v) is 7.49. The minimum Gasteiger partial charge on any atom is -0.288 e. The lowest BCUT2D eigenvalue weighted by Crippen LogP contribution is -2.01. The summed E-state index contributed by atoms with van der Waals surface area (Å²) in [5.74, 6) is 0.0238. The molecular weight excluding hydrogens is 434 g/mol. The number of benzene rings is 1. The highest BCUT2D eigenvalue weighted by molar-refractivity contribution is 14.1. The molecule has 1 aromatic carbocycles. The molecule has 0 fully saturated rings. The molecule has 1 nitrogen and oxygen atoms in total. The molecule has 0 aliphatic carbocycles. The van der Waals surface area contributed by atoms with Crippen molar-refractivity contribution in [3.8, 4) is 0 Å². The molecule has 0 aliphatic rings. The number of carbonyl (C=O) groups excluding carboxylic acids is 1. The van der Waals surface area contributed by atoms with E-state index in [0.29, 0.717) is 10.6 Å². The molecule has 0 saturated heterocycles. The quantitative estimate of drug-likeness (QED) is 0.456. The molecular formula is C12H7BrClIOS. The van der Waals surface area contributed by atoms with Crippen LogP contribution in [0.15, 0.2) is 28.1 Å². The van der Waals surface area contributed by atoms with Crippen molar-refractivity contribution in [2.75, 3.05) is 0 Å². The Kier molecular flexibility index (Phi) is 4.28. The molecule has 0 unspecified atom stereocenters. The maximum absolute atomic E-state index is 12.3. The van der Waals surface area contributed by atoms with Crippen molar-refractivity contribution < 1.29 is 4.79 Å². The van der Waals surface area contributed by atoms with E-state index in [4.69, 9.17) is 11.6 Å². The maximum Gasteiger partial charge on any atom is 0.204 e. The molecule has 0 N–H and O–H groups in total. The van der Waals surface area contributed by atoms with E-state index < -0.39 is 0 Å². The first kappa shape index (κ1) is 13.5. The van der Waals surface area contributed by atoms with Crippen molar-refractivity contribution in [1.82, 2.24) is 0 Å². The fourth-order valence-electron chi connectivity index (χ4n) is 1.38. The van der Waals surface area contributed by atoms with E-state index in [1.807, 2.05) is 19.1 Å². The molecule has 2 aromatic rings. The highest BCUT2D eigenvalue weighted by atomic mass is 127. The van der Waals surface area contributed by atoms with Gasteiger partial charge >= 0.3 is 0 Å². The number of carbonyl (C=O) groups is 1. The lowest BCUT2D eigenvalue weighted by molar-refractivity contribution is 0.104. The zero-order chi connectivity index (χ0) is 12.6. The van der Waals surface area contributed by atoms with Crippen LogP contribution < -0.4 is 0 Å². The van der Waals surface area contributed by atoms with Gasteiger partial charge in [-0.05, 0) is 75.3 Å². The first-order valence-electron chi connectivity index (χ1n) is 4.74. The summed E-state index contributed by atoms with van der Waals surface area (Å²) in [5.41, 5.74) is 1.74. The van der Waals surface area contributed by atoms with Gasteiger partial charge in [0.25, 0.3) is 0 Å². The van der Waals surface area contributed by atoms with E-state index >= 15 is 0 Å². The van der Waals surface area contributed by atoms with Crippen molar-refractivity contribution in [1.29, 1.82) is 0 Å². The van der Waals surface area contributed by atoms with E-state index in [1.165, 1.54) is 11.3 Å². The molecule has 0 radical (unpaired) electrons. The molecule has 0 amide bonds. The molecule has 2 rings (SSSR count). The fourth-order valence-corrected chi connectivity index (χ4v) is 3.62. The van der Waals surface area contributed by atoms with Crippen LogP contribution in [0.4, 0.5) is 0 Å². The van der Waals surface area contributed by atoms with Gasteiger partial charge < -0.3 is 0 Å². The minimum absolute atomic E-state index is 0.0238. The third kappa shape index (κ3) is 2.92. The van der Waals surface area contributed by atoms with Crippen LogP contribution in [-0.2, 0) is 0 Å². The van der Waals surface area contributed by atoms with Crippen molar-refractivity contribution in [3.63, 3.8) is 0 Å². The van der Waals surface area contributed by atoms with Gasteiger partial charge in [0.05, 0.1) is 8.66 Å². The number of hydrogen-bond acceptors (Lipinski definition) is 2. The van der Waals surface area contributed by atoms with Crippen molar-refractivity contribution in [3.05, 3.63) is 52.6 Å². The van der Waals surface area contributed by atoms with E-state index in [-0.39, 0.29) is 5.78 Å². The van der Waals surface area contributed by atoms with Crippen molar-refractivity contribution in [2.45, 2.75) is 6.92 Å². The average Bonchev–Trinajstić information content (AvgIpc) is 2.62. The smallest absolute Gasteiger partial charge is 0.204 e. The molecule has 0 aliphatic heterocycles. The van der Waals surface area contributed by atoms with Crippen LogP contribution in [0.1, 0.15) is 20.8 Å². The number of aryl methyl sites for hydroxylation is 1. The number of rotatable bonds is 2. The molecule has 0 atom stereocenters. The van der Waals surface area contributed by atoms with Crippen LogP contribution in [0.2, 0.25) is 5.02 Å². The highest BCUT2D eigenvalue weighted by Gasteiger charge is 2.16. The van der Waals surface area contributed by atoms with Crippen LogP contribution in [0.25, 0.3) is 0 Å². The summed E-state index contributed by atoms with van der Waals surface area (Å²) in [7, 11) is 0. The molecule has 5 heteroatoms. The summed E-state index contributed by atoms with van der Waals surface area (Å²) >= 11 is 13.0. The normalized spacial score (nSPS) is 10.6. The summed E-state index contributed by atoms with van der Waals surface area (Å²) < 4.78 is 1.91. The molecule has 1 heterocycles. The minimum atomic E-state index is 0.0238. The molecule has 17 heavy (non-hydrogen) atoms. The van der Waals surface area contributed by atoms with Crippen LogP contribution >= 0.6 is 61.5 Å². The topological polar surface area (TPSA) is 17.1 Å². The van der Waals surface area contributed by atoms with Gasteiger partial charge in [0.15, 0.2) is 0 Å². The average molecular weight is 442 g/mol. The standard InChI is InChI=1S/C12H7BrClIOS/c1-6-4-10(17-12(6)13)11(16)8-5-7(14)2-3-9(8)15/h2-5H,1H3. The van der Waals surface area contributed by atoms with Gasteiger partial charge in [0.2, 0.25) is 5.78 Å². The molecule has 0 saturated carbocycles. The second-order valence-electron chi connectivity index (χ2n) is 3.52. The Bertz CT molecular complexity index is 575. The van der Waals surface area contributed by atoms with Gasteiger partial charge in [-0.3, -0.25) is 4.79 Å². The van der Waals surface area contributed by atoms with Gasteiger partial charge in [0, 0.05) is 14.2 Å². The number of halogens is 3. The highest BCUT2D eigenvalue weighted by Crippen LogP contribution is 2.30. The zero-order valence-corrected chi connectivity index (χ0v) is 14.1. The first-order chi connectivity index (χ1) is 7.99. The summed E-state index contributed by atoms with van der Waals surface area (Å²) in [6.07, 6.45) is 0. The number of ketones is 1. The Morgan fingerprint density at radius 3 is 2.71 bits per heavy atom. The van der Waals surface area contributed by atoms with Gasteiger partial charge in [0.1, 0.15) is 0 Å². The monoisotopic (exact) mass is 440 g/mol. The number of hydrogen-bond donors (Lipinski definition) is 0. The van der Waals surface area contributed by atoms with E-state index in [1.54, 1.807) is 12.1 Å². The van der Waals surface area contributed by atoms with E-state index in [2.05, 4.69) is 38.5 Å². The van der Waals surface area contributed by atoms with Gasteiger partial charge in [-0.15, -0.1) is 11.3 Å². The van der Waals surface area contributed by atoms with Crippen molar-refractivity contribution in [2.24, 2.45) is 0 Å². The Morgan fingerprint density at radius 1 is 1.41 bits per heavy atom. The third-order valence-electron chi connectivity index (χ3n) is 2.25. The third-order valence-corrected chi connectivity index (χ3v) is 5.57. The van der Waals surface area contributed by atoms with Gasteiger partial charge in [-0.25, -0.2) is 0 Å². The summed E-state index contributed by atoms with van der Waals surface area (Å²) in [6, 6.07) is 7.25. The lowest BCUT2D eigenvalue weighted by atomic mass is 10.1. The largest absolute Gasteiger partial charge is 0.288 e. The maximum atomic E-state index is 12.3. The Labute approximate surface area is 130 Å². The van der Waals surface area contributed by atoms with Crippen molar-refractivity contribution >= 4 is 67.2 Å². The lowest BCUT2D eigenvalue weighted by Gasteiger charge is -2.02. The predicted molar refractivity (Wildman–Crippen MR) is 84.4 cm³/mol. The van der Waals surface area contributed by atoms with Gasteiger partial charge in [-0.1, -0.05) is 11.6 Å². The van der Waals surface area contributed by atoms with Crippen LogP contribution in [0.3, 0.4) is 0 Å². The van der Waals surface area contributed by atoms with E-state index in [9.17, 15) is 4.79 Å². The van der Waals surface area contributed by atoms with E-state index in [0.717, 1.165) is 17.8 Å². The molecule has 88 valence electrons. The summed E-state index contributed by atoms with van der Waals surface area (Å²) in [4.78, 5) is 13.0. The van der Waals surface area contributed by atoms with Crippen LogP contribution in [0.5, 0.6) is 0 Å². The number of thiophene rings is 1. The van der Waals surface area contributed by atoms with Crippen LogP contribution in [-0.4, -0.2) is 5.78 Å². The summed E-state index contributed by atoms with van der Waals surface area (Å²) in [6.45, 7) is 1.97. The summed E-state index contributed by atoms with van der Waals surface area (Å²) in [5, 5.41) is 0.584.